The topological polar surface area (TPSA) is 81.2 Å². The number of anilines is 3. The van der Waals surface area contributed by atoms with E-state index in [4.69, 9.17) is 5.73 Å². The molecule has 0 saturated carbocycles. The van der Waals surface area contributed by atoms with Gasteiger partial charge in [-0.25, -0.2) is 0 Å². The fraction of sp³-hybridized carbons (Fsp3) is 0.0769. The molecule has 0 fully saturated rings. The molecule has 18 heavy (non-hydrogen) atoms. The summed E-state index contributed by atoms with van der Waals surface area (Å²) in [7, 11) is 0. The summed E-state index contributed by atoms with van der Waals surface area (Å²) in [4.78, 5) is 10.6. The van der Waals surface area contributed by atoms with Crippen LogP contribution in [0.2, 0.25) is 0 Å². The second kappa shape index (κ2) is 4.75. The van der Waals surface area contributed by atoms with E-state index in [0.29, 0.717) is 11.4 Å². The Morgan fingerprint density at radius 3 is 2.61 bits per heavy atom. The fourth-order valence-electron chi connectivity index (χ4n) is 1.73. The Morgan fingerprint density at radius 2 is 1.94 bits per heavy atom. The maximum Gasteiger partial charge on any atom is 0.292 e. The van der Waals surface area contributed by atoms with Crippen molar-refractivity contribution in [2.45, 2.75) is 6.92 Å². The molecule has 3 N–H and O–H groups in total. The summed E-state index contributed by atoms with van der Waals surface area (Å²) < 4.78 is 0. The van der Waals surface area contributed by atoms with E-state index >= 15 is 0 Å². The molecule has 0 aliphatic carbocycles. The Balaban J connectivity index is 2.42. The molecule has 0 aliphatic heterocycles. The first-order valence-corrected chi connectivity index (χ1v) is 5.44. The van der Waals surface area contributed by atoms with E-state index in [-0.39, 0.29) is 5.69 Å². The van der Waals surface area contributed by atoms with Gasteiger partial charge in [0.1, 0.15) is 5.69 Å². The number of nitrogens with zero attached hydrogens (tertiary/aromatic N) is 1. The van der Waals surface area contributed by atoms with Crippen LogP contribution in [0, 0.1) is 17.0 Å². The quantitative estimate of drug-likeness (QED) is 0.492. The van der Waals surface area contributed by atoms with E-state index < -0.39 is 4.92 Å². The van der Waals surface area contributed by atoms with Crippen molar-refractivity contribution >= 4 is 22.7 Å². The first-order chi connectivity index (χ1) is 8.58. The zero-order valence-corrected chi connectivity index (χ0v) is 9.88. The molecule has 0 saturated heterocycles. The lowest BCUT2D eigenvalue weighted by Crippen LogP contribution is -1.99. The molecule has 0 radical (unpaired) electrons. The molecule has 0 heterocycles. The van der Waals surface area contributed by atoms with Crippen LogP contribution in [0.5, 0.6) is 0 Å². The molecule has 2 rings (SSSR count). The Morgan fingerprint density at radius 1 is 1.22 bits per heavy atom. The van der Waals surface area contributed by atoms with Gasteiger partial charge >= 0.3 is 0 Å². The second-order valence-corrected chi connectivity index (χ2v) is 3.98. The highest BCUT2D eigenvalue weighted by Crippen LogP contribution is 2.30. The van der Waals surface area contributed by atoms with E-state index in [1.165, 1.54) is 6.07 Å². The zero-order valence-electron chi connectivity index (χ0n) is 9.88. The molecule has 0 unspecified atom stereocenters. The van der Waals surface area contributed by atoms with Gasteiger partial charge in [0.15, 0.2) is 0 Å². The van der Waals surface area contributed by atoms with Gasteiger partial charge in [0.25, 0.3) is 5.69 Å². The number of nitrogens with one attached hydrogen (secondary N) is 1. The predicted molar refractivity (Wildman–Crippen MR) is 72.0 cm³/mol. The number of nitrogen functional groups attached to an aromatic ring is 1. The molecule has 5 nitrogen and oxygen atoms in total. The molecule has 0 bridgehead atoms. The minimum absolute atomic E-state index is 0.0532. The lowest BCUT2D eigenvalue weighted by atomic mass is 10.1. The van der Waals surface area contributed by atoms with Crippen molar-refractivity contribution in [3.05, 3.63) is 58.1 Å². The van der Waals surface area contributed by atoms with Crippen molar-refractivity contribution in [3.8, 4) is 0 Å². The summed E-state index contributed by atoms with van der Waals surface area (Å²) >= 11 is 0. The van der Waals surface area contributed by atoms with E-state index in [0.717, 1.165) is 11.3 Å². The number of rotatable bonds is 3. The Hall–Kier alpha value is -2.56. The monoisotopic (exact) mass is 243 g/mol. The number of aryl methyl sites for hydroxylation is 1. The summed E-state index contributed by atoms with van der Waals surface area (Å²) in [5.74, 6) is 0. The molecule has 92 valence electrons. The van der Waals surface area contributed by atoms with Crippen LogP contribution in [0.15, 0.2) is 42.5 Å². The normalized spacial score (nSPS) is 10.1. The van der Waals surface area contributed by atoms with E-state index in [1.807, 2.05) is 19.1 Å². The molecule has 0 spiro atoms. The first kappa shape index (κ1) is 11.9. The highest BCUT2D eigenvalue weighted by atomic mass is 16.6. The van der Waals surface area contributed by atoms with Gasteiger partial charge in [-0.3, -0.25) is 10.1 Å². The minimum Gasteiger partial charge on any atom is -0.399 e. The summed E-state index contributed by atoms with van der Waals surface area (Å²) in [5, 5.41) is 14.0. The van der Waals surface area contributed by atoms with Crippen molar-refractivity contribution in [3.63, 3.8) is 0 Å². The third-order valence-corrected chi connectivity index (χ3v) is 2.60. The molecule has 0 atom stereocenters. The number of hydrogen-bond acceptors (Lipinski definition) is 4. The largest absolute Gasteiger partial charge is 0.399 e. The van der Waals surface area contributed by atoms with Gasteiger partial charge < -0.3 is 11.1 Å². The van der Waals surface area contributed by atoms with Crippen LogP contribution >= 0.6 is 0 Å². The minimum atomic E-state index is -0.401. The van der Waals surface area contributed by atoms with Crippen LogP contribution in [0.4, 0.5) is 22.7 Å². The van der Waals surface area contributed by atoms with Crippen molar-refractivity contribution < 1.29 is 4.92 Å². The van der Waals surface area contributed by atoms with Crippen LogP contribution < -0.4 is 11.1 Å². The van der Waals surface area contributed by atoms with Crippen molar-refractivity contribution in [1.82, 2.24) is 0 Å². The van der Waals surface area contributed by atoms with Gasteiger partial charge in [-0.2, -0.15) is 0 Å². The van der Waals surface area contributed by atoms with Crippen molar-refractivity contribution in [2.24, 2.45) is 0 Å². The van der Waals surface area contributed by atoms with Crippen LogP contribution in [0.3, 0.4) is 0 Å². The highest BCUT2D eigenvalue weighted by molar-refractivity contribution is 5.73. The summed E-state index contributed by atoms with van der Waals surface area (Å²) in [5.41, 5.74) is 8.37. The summed E-state index contributed by atoms with van der Waals surface area (Å²) in [6, 6.07) is 12.1. The molecule has 2 aromatic rings. The first-order valence-electron chi connectivity index (χ1n) is 5.44. The molecule has 2 aromatic carbocycles. The Kier molecular flexibility index (Phi) is 3.14. The Bertz CT molecular complexity index is 597. The summed E-state index contributed by atoms with van der Waals surface area (Å²) in [6.07, 6.45) is 0. The van der Waals surface area contributed by atoms with Gasteiger partial charge in [-0.05, 0) is 30.7 Å². The predicted octanol–water partition coefficient (Wildman–Crippen LogP) is 3.23. The molecular formula is C13H13N3O2. The van der Waals surface area contributed by atoms with Gasteiger partial charge in [0.05, 0.1) is 4.92 Å². The molecule has 0 aliphatic rings. The number of para-hydroxylation sites is 1. The number of nitro benzene ring substituents is 1. The van der Waals surface area contributed by atoms with Gasteiger partial charge in [0.2, 0.25) is 0 Å². The van der Waals surface area contributed by atoms with Gasteiger partial charge in [-0.1, -0.05) is 18.2 Å². The van der Waals surface area contributed by atoms with Crippen molar-refractivity contribution in [1.29, 1.82) is 0 Å². The second-order valence-electron chi connectivity index (χ2n) is 3.98. The maximum absolute atomic E-state index is 11.0. The summed E-state index contributed by atoms with van der Waals surface area (Å²) in [6.45, 7) is 1.82. The lowest BCUT2D eigenvalue weighted by Gasteiger charge is -2.10. The van der Waals surface area contributed by atoms with Crippen LogP contribution in [-0.2, 0) is 0 Å². The Labute approximate surface area is 104 Å². The lowest BCUT2D eigenvalue weighted by molar-refractivity contribution is -0.383. The molecule has 0 amide bonds. The third-order valence-electron chi connectivity index (χ3n) is 2.60. The standard InChI is InChI=1S/C13H13N3O2/c1-9-4-2-7-12(16(17)18)13(9)15-11-6-3-5-10(14)8-11/h2-8,15H,14H2,1H3. The van der Waals surface area contributed by atoms with Crippen LogP contribution in [0.1, 0.15) is 5.56 Å². The maximum atomic E-state index is 11.0. The molecular weight excluding hydrogens is 230 g/mol. The highest BCUT2D eigenvalue weighted by Gasteiger charge is 2.15. The molecule has 5 heteroatoms. The third kappa shape index (κ3) is 2.40. The smallest absolute Gasteiger partial charge is 0.292 e. The fourth-order valence-corrected chi connectivity index (χ4v) is 1.73. The van der Waals surface area contributed by atoms with Gasteiger partial charge in [0, 0.05) is 17.4 Å². The van der Waals surface area contributed by atoms with Crippen LogP contribution in [-0.4, -0.2) is 4.92 Å². The SMILES string of the molecule is Cc1cccc([N+](=O)[O-])c1Nc1cccc(N)c1. The van der Waals surface area contributed by atoms with Crippen molar-refractivity contribution in [2.75, 3.05) is 11.1 Å². The number of nitrogens with two attached hydrogens (primary N) is 1. The molecule has 0 aromatic heterocycles. The number of hydrogen-bond donors (Lipinski definition) is 2. The van der Waals surface area contributed by atoms with E-state index in [9.17, 15) is 10.1 Å². The van der Waals surface area contributed by atoms with Crippen LogP contribution in [0.25, 0.3) is 0 Å². The van der Waals surface area contributed by atoms with E-state index in [1.54, 1.807) is 24.3 Å². The number of benzene rings is 2. The van der Waals surface area contributed by atoms with Gasteiger partial charge in [-0.15, -0.1) is 0 Å². The van der Waals surface area contributed by atoms with E-state index in [2.05, 4.69) is 5.32 Å². The average molecular weight is 243 g/mol. The number of nitro groups is 1. The zero-order chi connectivity index (χ0) is 13.1. The average Bonchev–Trinajstić information content (AvgIpc) is 2.31.